The third-order valence-corrected chi connectivity index (χ3v) is 10.6. The van der Waals surface area contributed by atoms with Crippen LogP contribution in [0.4, 0.5) is 16.2 Å². The Kier molecular flexibility index (Phi) is 10.3. The van der Waals surface area contributed by atoms with Gasteiger partial charge in [0.25, 0.3) is 5.91 Å². The van der Waals surface area contributed by atoms with Crippen LogP contribution in [0.3, 0.4) is 0 Å². The summed E-state index contributed by atoms with van der Waals surface area (Å²) in [4.78, 5) is 41.3. The number of carboxylic acids is 1. The number of carboxylic acid groups (broad SMARTS) is 1. The van der Waals surface area contributed by atoms with E-state index in [0.29, 0.717) is 54.9 Å². The summed E-state index contributed by atoms with van der Waals surface area (Å²) in [6.07, 6.45) is -0.622. The van der Waals surface area contributed by atoms with Crippen LogP contribution in [0.1, 0.15) is 44.2 Å². The summed E-state index contributed by atoms with van der Waals surface area (Å²) >= 11 is 13.7. The maximum Gasteiger partial charge on any atom is 0.417 e. The Labute approximate surface area is 332 Å². The molecule has 0 saturated heterocycles. The number of amides is 2. The van der Waals surface area contributed by atoms with E-state index in [1.165, 1.54) is 5.01 Å². The van der Waals surface area contributed by atoms with E-state index < -0.39 is 29.9 Å². The summed E-state index contributed by atoms with van der Waals surface area (Å²) in [6, 6.07) is 44.6. The molecule has 3 N–H and O–H groups in total. The van der Waals surface area contributed by atoms with Crippen molar-refractivity contribution in [3.05, 3.63) is 195 Å². The molecule has 0 fully saturated rings. The van der Waals surface area contributed by atoms with Gasteiger partial charge in [0.2, 0.25) is 0 Å². The topological polar surface area (TPSA) is 113 Å². The predicted molar refractivity (Wildman–Crippen MR) is 219 cm³/mol. The zero-order valence-corrected chi connectivity index (χ0v) is 31.2. The predicted octanol–water partition coefficient (Wildman–Crippen LogP) is 9.95. The number of hydrogen-bond acceptors (Lipinski definition) is 5. The van der Waals surface area contributed by atoms with E-state index in [-0.39, 0.29) is 13.0 Å². The fourth-order valence-electron chi connectivity index (χ4n) is 7.33. The first-order chi connectivity index (χ1) is 27.3. The molecule has 56 heavy (non-hydrogen) atoms. The molecule has 11 heteroatoms. The van der Waals surface area contributed by atoms with Gasteiger partial charge < -0.3 is 14.4 Å². The lowest BCUT2D eigenvalue weighted by atomic mass is 9.85. The van der Waals surface area contributed by atoms with Crippen molar-refractivity contribution in [2.75, 3.05) is 10.3 Å². The second-order valence-electron chi connectivity index (χ2n) is 13.4. The number of nitrogens with one attached hydrogen (secondary N) is 2. The zero-order valence-electron chi connectivity index (χ0n) is 29.7. The number of hydrazine groups is 1. The van der Waals surface area contributed by atoms with Crippen LogP contribution in [-0.4, -0.2) is 33.7 Å². The first-order valence-corrected chi connectivity index (χ1v) is 18.7. The molecule has 1 unspecified atom stereocenters. The number of fused-ring (bicyclic) bond motifs is 4. The molecule has 2 heterocycles. The van der Waals surface area contributed by atoms with Crippen molar-refractivity contribution in [2.24, 2.45) is 0 Å². The molecule has 8 rings (SSSR count). The van der Waals surface area contributed by atoms with E-state index >= 15 is 4.79 Å². The molecule has 7 aromatic rings. The molecule has 0 saturated carbocycles. The maximum atomic E-state index is 15.1. The van der Waals surface area contributed by atoms with Crippen molar-refractivity contribution >= 4 is 63.4 Å². The van der Waals surface area contributed by atoms with E-state index in [0.717, 1.165) is 16.7 Å². The lowest BCUT2D eigenvalue weighted by Crippen LogP contribution is -2.52. The lowest BCUT2D eigenvalue weighted by Gasteiger charge is -2.28. The molecule has 1 aliphatic rings. The fourth-order valence-corrected chi connectivity index (χ4v) is 7.84. The van der Waals surface area contributed by atoms with E-state index in [2.05, 4.69) is 15.3 Å². The van der Waals surface area contributed by atoms with Gasteiger partial charge in [-0.15, -0.1) is 0 Å². The second-order valence-corrected chi connectivity index (χ2v) is 14.2. The largest absolute Gasteiger partial charge is 0.480 e. The van der Waals surface area contributed by atoms with Gasteiger partial charge in [0.05, 0.1) is 29.4 Å². The molecular formula is C45H34Cl2N4O5. The van der Waals surface area contributed by atoms with Crippen molar-refractivity contribution in [3.63, 3.8) is 0 Å². The fraction of sp³-hybridized carbons (Fsp3) is 0.0889. The molecule has 0 bridgehead atoms. The Morgan fingerprint density at radius 1 is 0.768 bits per heavy atom. The van der Waals surface area contributed by atoms with Crippen molar-refractivity contribution in [1.82, 2.24) is 9.99 Å². The summed E-state index contributed by atoms with van der Waals surface area (Å²) in [6.45, 7) is 0.201. The third kappa shape index (κ3) is 7.23. The maximum absolute atomic E-state index is 15.1. The number of hydrogen-bond donors (Lipinski definition) is 3. The number of benzene rings is 6. The summed E-state index contributed by atoms with van der Waals surface area (Å²) in [5.41, 5.74) is 8.77. The Morgan fingerprint density at radius 2 is 1.41 bits per heavy atom. The van der Waals surface area contributed by atoms with Crippen LogP contribution in [0.5, 0.6) is 5.75 Å². The molecule has 0 spiro atoms. The van der Waals surface area contributed by atoms with Crippen molar-refractivity contribution < 1.29 is 24.2 Å². The van der Waals surface area contributed by atoms with Crippen LogP contribution in [0.25, 0.3) is 10.9 Å². The minimum atomic E-state index is -1.21. The summed E-state index contributed by atoms with van der Waals surface area (Å²) in [7, 11) is 0. The van der Waals surface area contributed by atoms with Crippen LogP contribution in [0.15, 0.2) is 152 Å². The number of rotatable bonds is 10. The zero-order chi connectivity index (χ0) is 38.8. The smallest absolute Gasteiger partial charge is 0.417 e. The number of nitrogens with zero attached hydrogens (tertiary/aromatic N) is 2. The molecule has 9 nitrogen and oxygen atoms in total. The molecule has 1 aromatic heterocycles. The highest BCUT2D eigenvalue weighted by atomic mass is 35.5. The number of halogens is 2. The van der Waals surface area contributed by atoms with Gasteiger partial charge in [-0.1, -0.05) is 126 Å². The highest BCUT2D eigenvalue weighted by Crippen LogP contribution is 2.48. The second kappa shape index (κ2) is 15.8. The van der Waals surface area contributed by atoms with Gasteiger partial charge in [-0.2, -0.15) is 0 Å². The molecule has 6 aromatic carbocycles. The number of anilines is 2. The minimum Gasteiger partial charge on any atom is -0.480 e. The number of carbonyl (C=O) groups excluding carboxylic acids is 2. The van der Waals surface area contributed by atoms with Gasteiger partial charge in [0.15, 0.2) is 0 Å². The first kappa shape index (κ1) is 36.6. The van der Waals surface area contributed by atoms with Crippen molar-refractivity contribution in [1.29, 1.82) is 0 Å². The van der Waals surface area contributed by atoms with Crippen LogP contribution in [0.2, 0.25) is 10.0 Å². The lowest BCUT2D eigenvalue weighted by molar-refractivity contribution is -0.139. The van der Waals surface area contributed by atoms with E-state index in [1.54, 1.807) is 66.7 Å². The van der Waals surface area contributed by atoms with Crippen molar-refractivity contribution in [2.45, 2.75) is 24.9 Å². The minimum absolute atomic E-state index is 0.0883. The molecule has 278 valence electrons. The van der Waals surface area contributed by atoms with E-state index in [4.69, 9.17) is 27.9 Å². The first-order valence-electron chi connectivity index (χ1n) is 17.9. The Bertz CT molecular complexity index is 2560. The van der Waals surface area contributed by atoms with Gasteiger partial charge in [-0.3, -0.25) is 14.9 Å². The number of para-hydroxylation sites is 1. The molecule has 0 radical (unpaired) electrons. The monoisotopic (exact) mass is 780 g/mol. The standard InChI is InChI=1S/C45H34Cl2N4O5/c46-36-21-12-22-37(47)35(36)27-50-39-24-23-30(48-45(55)56-31-17-8-3-9-18-31)26-34(39)41-42(50)40(29-15-6-2-7-16-29)32-19-10-11-20-33(32)43(52)51(41)49-38(44(53)54)25-28-13-4-1-5-14-28/h1-24,26,38,40,49H,25,27H2,(H,48,55)(H,53,54)/t38-,40?/m0/s1. The van der Waals surface area contributed by atoms with Crippen LogP contribution < -0.4 is 20.5 Å². The number of carbonyl (C=O) groups is 3. The van der Waals surface area contributed by atoms with Gasteiger partial charge in [0.1, 0.15) is 11.8 Å². The van der Waals surface area contributed by atoms with Crippen LogP contribution in [-0.2, 0) is 17.8 Å². The van der Waals surface area contributed by atoms with Gasteiger partial charge in [-0.05, 0) is 65.2 Å². The number of ether oxygens (including phenoxy) is 1. The average Bonchev–Trinajstić information content (AvgIpc) is 3.45. The number of aliphatic carboxylic acids is 1. The average molecular weight is 782 g/mol. The molecule has 1 aliphatic heterocycles. The third-order valence-electron chi connectivity index (χ3n) is 9.85. The van der Waals surface area contributed by atoms with Crippen molar-refractivity contribution in [3.8, 4) is 5.75 Å². The molecule has 0 aliphatic carbocycles. The highest BCUT2D eigenvalue weighted by Gasteiger charge is 2.40. The Hall–Kier alpha value is -6.39. The number of aromatic nitrogens is 1. The molecule has 2 amide bonds. The van der Waals surface area contributed by atoms with Crippen LogP contribution >= 0.6 is 23.2 Å². The summed E-state index contributed by atoms with van der Waals surface area (Å²) < 4.78 is 7.61. The Balaban J connectivity index is 1.39. The summed E-state index contributed by atoms with van der Waals surface area (Å²) in [5, 5.41) is 16.3. The highest BCUT2D eigenvalue weighted by molar-refractivity contribution is 6.36. The quantitative estimate of drug-likeness (QED) is 0.127. The summed E-state index contributed by atoms with van der Waals surface area (Å²) in [5.74, 6) is -1.75. The SMILES string of the molecule is O=C(Nc1ccc2c(c1)c1c(n2Cc2c(Cl)cccc2Cl)C(c2ccccc2)c2ccccc2C(=O)N1N[C@@H](Cc1ccccc1)C(=O)O)Oc1ccccc1. The van der Waals surface area contributed by atoms with E-state index in [9.17, 15) is 14.7 Å². The Morgan fingerprint density at radius 3 is 2.11 bits per heavy atom. The van der Waals surface area contributed by atoms with Crippen LogP contribution in [0, 0.1) is 0 Å². The van der Waals surface area contributed by atoms with Gasteiger partial charge in [-0.25, -0.2) is 15.2 Å². The van der Waals surface area contributed by atoms with E-state index in [1.807, 2.05) is 84.9 Å². The molecular weight excluding hydrogens is 747 g/mol. The molecule has 2 atom stereocenters. The normalized spacial score (nSPS) is 14.1. The van der Waals surface area contributed by atoms with Gasteiger partial charge in [0, 0.05) is 38.7 Å². The van der Waals surface area contributed by atoms with Gasteiger partial charge >= 0.3 is 12.1 Å².